The topological polar surface area (TPSA) is 52.6 Å². The lowest BCUT2D eigenvalue weighted by Crippen LogP contribution is -2.40. The van der Waals surface area contributed by atoms with Gasteiger partial charge in [0, 0.05) is 17.8 Å². The summed E-state index contributed by atoms with van der Waals surface area (Å²) in [6.07, 6.45) is 0. The third-order valence-corrected chi connectivity index (χ3v) is 2.59. The van der Waals surface area contributed by atoms with E-state index in [-0.39, 0.29) is 18.7 Å². The lowest BCUT2D eigenvalue weighted by molar-refractivity contribution is 0.166. The van der Waals surface area contributed by atoms with Crippen molar-refractivity contribution in [2.75, 3.05) is 19.0 Å². The van der Waals surface area contributed by atoms with Gasteiger partial charge in [-0.3, -0.25) is 0 Å². The molecule has 88 valence electrons. The van der Waals surface area contributed by atoms with Gasteiger partial charge in [-0.2, -0.15) is 0 Å². The number of halogens is 1. The van der Waals surface area contributed by atoms with E-state index in [0.717, 1.165) is 0 Å². The van der Waals surface area contributed by atoms with Crippen molar-refractivity contribution >= 4 is 23.3 Å². The first-order valence-corrected chi connectivity index (χ1v) is 5.32. The quantitative estimate of drug-likeness (QED) is 0.854. The summed E-state index contributed by atoms with van der Waals surface area (Å²) in [5, 5.41) is 12.2. The van der Waals surface area contributed by atoms with Crippen LogP contribution in [0.3, 0.4) is 0 Å². The lowest BCUT2D eigenvalue weighted by atomic mass is 10.3. The van der Waals surface area contributed by atoms with E-state index in [9.17, 15) is 4.79 Å². The standard InChI is InChI=1S/C11H15ClN2O2/c1-8(7-15)14(2)11(16)13-10-5-3-9(12)4-6-10/h3-6,8,15H,7H2,1-2H3,(H,13,16). The number of urea groups is 1. The van der Waals surface area contributed by atoms with Crippen molar-refractivity contribution in [3.63, 3.8) is 0 Å². The molecule has 0 spiro atoms. The summed E-state index contributed by atoms with van der Waals surface area (Å²) in [6.45, 7) is 1.70. The van der Waals surface area contributed by atoms with E-state index < -0.39 is 0 Å². The first-order valence-electron chi connectivity index (χ1n) is 4.95. The van der Waals surface area contributed by atoms with Gasteiger partial charge < -0.3 is 15.3 Å². The highest BCUT2D eigenvalue weighted by atomic mass is 35.5. The van der Waals surface area contributed by atoms with E-state index in [2.05, 4.69) is 5.32 Å². The number of rotatable bonds is 3. The normalized spacial score (nSPS) is 12.0. The van der Waals surface area contributed by atoms with Gasteiger partial charge in [0.2, 0.25) is 0 Å². The molecule has 1 unspecified atom stereocenters. The summed E-state index contributed by atoms with van der Waals surface area (Å²) in [7, 11) is 1.63. The Hall–Kier alpha value is -1.26. The van der Waals surface area contributed by atoms with Gasteiger partial charge in [-0.25, -0.2) is 4.79 Å². The van der Waals surface area contributed by atoms with Crippen molar-refractivity contribution in [3.8, 4) is 0 Å². The lowest BCUT2D eigenvalue weighted by Gasteiger charge is -2.23. The molecule has 0 fully saturated rings. The van der Waals surface area contributed by atoms with Gasteiger partial charge in [-0.1, -0.05) is 11.6 Å². The fourth-order valence-electron chi connectivity index (χ4n) is 1.07. The Morgan fingerprint density at radius 1 is 1.50 bits per heavy atom. The molecule has 0 bridgehead atoms. The number of anilines is 1. The van der Waals surface area contributed by atoms with E-state index >= 15 is 0 Å². The van der Waals surface area contributed by atoms with Crippen molar-refractivity contribution in [2.24, 2.45) is 0 Å². The summed E-state index contributed by atoms with van der Waals surface area (Å²) in [4.78, 5) is 13.1. The third-order valence-electron chi connectivity index (χ3n) is 2.34. The second-order valence-electron chi connectivity index (χ2n) is 3.58. The Labute approximate surface area is 99.8 Å². The van der Waals surface area contributed by atoms with Crippen LogP contribution in [-0.2, 0) is 0 Å². The first-order chi connectivity index (χ1) is 7.54. The van der Waals surface area contributed by atoms with Gasteiger partial charge in [0.25, 0.3) is 0 Å². The van der Waals surface area contributed by atoms with E-state index in [1.54, 1.807) is 38.2 Å². The summed E-state index contributed by atoms with van der Waals surface area (Å²) in [6, 6.07) is 6.37. The Morgan fingerprint density at radius 2 is 2.06 bits per heavy atom. The zero-order chi connectivity index (χ0) is 12.1. The summed E-state index contributed by atoms with van der Waals surface area (Å²) < 4.78 is 0. The molecule has 0 aliphatic carbocycles. The smallest absolute Gasteiger partial charge is 0.321 e. The van der Waals surface area contributed by atoms with E-state index in [0.29, 0.717) is 10.7 Å². The predicted octanol–water partition coefficient (Wildman–Crippen LogP) is 2.18. The van der Waals surface area contributed by atoms with E-state index in [1.165, 1.54) is 4.90 Å². The number of carbonyl (C=O) groups is 1. The molecule has 0 aromatic heterocycles. The number of hydrogen-bond acceptors (Lipinski definition) is 2. The highest BCUT2D eigenvalue weighted by Crippen LogP contribution is 2.13. The van der Waals surface area contributed by atoms with Crippen LogP contribution in [0.5, 0.6) is 0 Å². The molecule has 4 nitrogen and oxygen atoms in total. The number of benzene rings is 1. The number of nitrogens with one attached hydrogen (secondary N) is 1. The predicted molar refractivity (Wildman–Crippen MR) is 64.8 cm³/mol. The van der Waals surface area contributed by atoms with Crippen molar-refractivity contribution in [2.45, 2.75) is 13.0 Å². The largest absolute Gasteiger partial charge is 0.394 e. The molecule has 0 aliphatic rings. The molecule has 1 rings (SSSR count). The summed E-state index contributed by atoms with van der Waals surface area (Å²) >= 11 is 5.73. The van der Waals surface area contributed by atoms with E-state index in [4.69, 9.17) is 16.7 Å². The minimum Gasteiger partial charge on any atom is -0.394 e. The maximum atomic E-state index is 11.7. The molecule has 1 atom stereocenters. The molecule has 0 saturated carbocycles. The van der Waals surface area contributed by atoms with Crippen molar-refractivity contribution in [1.29, 1.82) is 0 Å². The van der Waals surface area contributed by atoms with Crippen molar-refractivity contribution in [3.05, 3.63) is 29.3 Å². The molecule has 1 aromatic rings. The van der Waals surface area contributed by atoms with Crippen LogP contribution in [0.4, 0.5) is 10.5 Å². The molecule has 16 heavy (non-hydrogen) atoms. The van der Waals surface area contributed by atoms with Crippen LogP contribution in [0.15, 0.2) is 24.3 Å². The molecule has 0 radical (unpaired) electrons. The maximum Gasteiger partial charge on any atom is 0.321 e. The minimum atomic E-state index is -0.260. The van der Waals surface area contributed by atoms with Gasteiger partial charge in [-0.15, -0.1) is 0 Å². The third kappa shape index (κ3) is 3.40. The number of carbonyl (C=O) groups excluding carboxylic acids is 1. The zero-order valence-corrected chi connectivity index (χ0v) is 10.0. The second kappa shape index (κ2) is 5.72. The molecule has 0 saturated heterocycles. The minimum absolute atomic E-state index is 0.0649. The molecule has 0 aliphatic heterocycles. The molecule has 5 heteroatoms. The molecular formula is C11H15ClN2O2. The SMILES string of the molecule is CC(CO)N(C)C(=O)Nc1ccc(Cl)cc1. The number of likely N-dealkylation sites (N-methyl/N-ethyl adjacent to an activating group) is 1. The fourth-order valence-corrected chi connectivity index (χ4v) is 1.19. The number of aliphatic hydroxyl groups excluding tert-OH is 1. The number of amides is 2. The molecule has 2 amide bonds. The van der Waals surface area contributed by atoms with Gasteiger partial charge >= 0.3 is 6.03 Å². The van der Waals surface area contributed by atoms with Crippen LogP contribution in [-0.4, -0.2) is 35.7 Å². The number of hydrogen-bond donors (Lipinski definition) is 2. The zero-order valence-electron chi connectivity index (χ0n) is 9.27. The van der Waals surface area contributed by atoms with Crippen LogP contribution in [0.25, 0.3) is 0 Å². The average molecular weight is 243 g/mol. The first kappa shape index (κ1) is 12.8. The molecule has 0 heterocycles. The Bertz CT molecular complexity index is 354. The van der Waals surface area contributed by atoms with Crippen molar-refractivity contribution < 1.29 is 9.90 Å². The van der Waals surface area contributed by atoms with Crippen LogP contribution >= 0.6 is 11.6 Å². The van der Waals surface area contributed by atoms with Gasteiger partial charge in [-0.05, 0) is 31.2 Å². The van der Waals surface area contributed by atoms with Gasteiger partial charge in [0.1, 0.15) is 0 Å². The van der Waals surface area contributed by atoms with Gasteiger partial charge in [0.05, 0.1) is 12.6 Å². The molecule has 2 N–H and O–H groups in total. The van der Waals surface area contributed by atoms with Crippen LogP contribution in [0, 0.1) is 0 Å². The maximum absolute atomic E-state index is 11.7. The summed E-state index contributed by atoms with van der Waals surface area (Å²) in [5.74, 6) is 0. The Balaban J connectivity index is 2.60. The second-order valence-corrected chi connectivity index (χ2v) is 4.02. The van der Waals surface area contributed by atoms with Crippen molar-refractivity contribution in [1.82, 2.24) is 4.90 Å². The Morgan fingerprint density at radius 3 is 2.56 bits per heavy atom. The number of nitrogens with zero attached hydrogens (tertiary/aromatic N) is 1. The van der Waals surface area contributed by atoms with Crippen LogP contribution < -0.4 is 5.32 Å². The van der Waals surface area contributed by atoms with Crippen LogP contribution in [0.1, 0.15) is 6.92 Å². The Kier molecular flexibility index (Phi) is 4.58. The average Bonchev–Trinajstić information content (AvgIpc) is 2.30. The fraction of sp³-hybridized carbons (Fsp3) is 0.364. The molecular weight excluding hydrogens is 228 g/mol. The van der Waals surface area contributed by atoms with E-state index in [1.807, 2.05) is 0 Å². The highest BCUT2D eigenvalue weighted by molar-refractivity contribution is 6.30. The monoisotopic (exact) mass is 242 g/mol. The number of aliphatic hydroxyl groups is 1. The highest BCUT2D eigenvalue weighted by Gasteiger charge is 2.14. The van der Waals surface area contributed by atoms with Gasteiger partial charge in [0.15, 0.2) is 0 Å². The summed E-state index contributed by atoms with van der Waals surface area (Å²) in [5.41, 5.74) is 0.673. The van der Waals surface area contributed by atoms with Crippen LogP contribution in [0.2, 0.25) is 5.02 Å². The molecule has 1 aromatic carbocycles.